The van der Waals surface area contributed by atoms with E-state index in [4.69, 9.17) is 4.74 Å². The van der Waals surface area contributed by atoms with Crippen LogP contribution in [-0.4, -0.2) is 75.7 Å². The Kier molecular flexibility index (Phi) is 17.0. The summed E-state index contributed by atoms with van der Waals surface area (Å²) in [5.41, 5.74) is 0.964. The van der Waals surface area contributed by atoms with Crippen molar-refractivity contribution in [3.63, 3.8) is 0 Å². The van der Waals surface area contributed by atoms with Gasteiger partial charge in [-0.25, -0.2) is 4.79 Å². The van der Waals surface area contributed by atoms with Crippen LogP contribution >= 0.6 is 0 Å². The van der Waals surface area contributed by atoms with Gasteiger partial charge in [-0.05, 0) is 82.1 Å². The molecule has 2 rings (SSSR count). The zero-order chi connectivity index (χ0) is 38.3. The van der Waals surface area contributed by atoms with Gasteiger partial charge < -0.3 is 36.4 Å². The highest BCUT2D eigenvalue weighted by Gasteiger charge is 2.32. The molecule has 2 aromatic rings. The van der Waals surface area contributed by atoms with E-state index in [1.807, 2.05) is 58.0 Å². The molecule has 282 valence electrons. The minimum atomic E-state index is -1.15. The summed E-state index contributed by atoms with van der Waals surface area (Å²) < 4.78 is 5.32. The molecular formula is C38H58N6O7. The van der Waals surface area contributed by atoms with Crippen molar-refractivity contribution in [2.45, 2.75) is 124 Å². The van der Waals surface area contributed by atoms with Gasteiger partial charge in [0.15, 0.2) is 0 Å². The molecule has 1 heterocycles. The highest BCUT2D eigenvalue weighted by molar-refractivity contribution is 5.91. The summed E-state index contributed by atoms with van der Waals surface area (Å²) in [6.07, 6.45) is 1.94. The number of amides is 5. The Morgan fingerprint density at radius 3 is 1.94 bits per heavy atom. The van der Waals surface area contributed by atoms with Crippen molar-refractivity contribution in [3.05, 3.63) is 66.0 Å². The third-order valence-electron chi connectivity index (χ3n) is 8.06. The number of nitrogens with zero attached hydrogens (tertiary/aromatic N) is 1. The Hall–Kier alpha value is -4.52. The average molecular weight is 711 g/mol. The number of alkyl carbamates (subject to hydrolysis) is 1. The van der Waals surface area contributed by atoms with Crippen molar-refractivity contribution in [2.75, 3.05) is 0 Å². The molecule has 0 spiro atoms. The molecule has 51 heavy (non-hydrogen) atoms. The first-order valence-electron chi connectivity index (χ1n) is 17.7. The van der Waals surface area contributed by atoms with E-state index in [1.54, 1.807) is 52.2 Å². The Morgan fingerprint density at radius 2 is 1.37 bits per heavy atom. The fraction of sp³-hybridized carbons (Fsp3) is 0.579. The molecule has 13 nitrogen and oxygen atoms in total. The number of ether oxygens (including phenoxy) is 1. The summed E-state index contributed by atoms with van der Waals surface area (Å²) in [6.45, 7) is 16.1. The van der Waals surface area contributed by atoms with Crippen LogP contribution in [-0.2, 0) is 36.9 Å². The third kappa shape index (κ3) is 15.9. The molecule has 1 aromatic carbocycles. The number of carbonyl (C=O) groups excluding carboxylic acids is 5. The second-order valence-electron chi connectivity index (χ2n) is 14.9. The monoisotopic (exact) mass is 710 g/mol. The van der Waals surface area contributed by atoms with Crippen molar-refractivity contribution >= 4 is 29.7 Å². The molecule has 0 radical (unpaired) electrons. The maximum atomic E-state index is 13.4. The Balaban J connectivity index is 2.11. The predicted octanol–water partition coefficient (Wildman–Crippen LogP) is 3.40. The number of benzene rings is 1. The topological polar surface area (TPSA) is 188 Å². The van der Waals surface area contributed by atoms with Crippen LogP contribution in [0.2, 0.25) is 0 Å². The molecule has 5 amide bonds. The molecule has 0 saturated carbocycles. The van der Waals surface area contributed by atoms with E-state index in [0.29, 0.717) is 6.42 Å². The predicted molar refractivity (Wildman–Crippen MR) is 195 cm³/mol. The highest BCUT2D eigenvalue weighted by atomic mass is 16.6. The summed E-state index contributed by atoms with van der Waals surface area (Å²) in [5.74, 6) is -2.70. The van der Waals surface area contributed by atoms with Crippen molar-refractivity contribution in [1.29, 1.82) is 0 Å². The number of aliphatic hydroxyl groups excluding tert-OH is 1. The zero-order valence-electron chi connectivity index (χ0n) is 31.5. The van der Waals surface area contributed by atoms with Gasteiger partial charge in [0.05, 0.1) is 12.1 Å². The van der Waals surface area contributed by atoms with Crippen molar-refractivity contribution in [2.24, 2.45) is 17.8 Å². The Bertz CT molecular complexity index is 1410. The molecule has 6 atom stereocenters. The van der Waals surface area contributed by atoms with Crippen LogP contribution in [0.25, 0.3) is 0 Å². The molecule has 6 N–H and O–H groups in total. The SMILES string of the molecule is CC(C)C[C@H](NC(=O)OC(C)(C)C)C(=O)N[C@@H](C)C(=O)N[C@@H](Cc1ccccc1)[C@@H](O)C[C@@H](C)C(=O)N[C@H](C(=O)NCc1ccncc1)C(C)C. The van der Waals surface area contributed by atoms with Crippen LogP contribution in [0.4, 0.5) is 4.79 Å². The van der Waals surface area contributed by atoms with Crippen LogP contribution in [0, 0.1) is 17.8 Å². The second kappa shape index (κ2) is 20.4. The van der Waals surface area contributed by atoms with Crippen LogP contribution < -0.4 is 26.6 Å². The molecular weight excluding hydrogens is 652 g/mol. The number of nitrogens with one attached hydrogen (secondary N) is 5. The van der Waals surface area contributed by atoms with Crippen molar-refractivity contribution < 1.29 is 33.8 Å². The van der Waals surface area contributed by atoms with Crippen molar-refractivity contribution in [1.82, 2.24) is 31.6 Å². The van der Waals surface area contributed by atoms with Gasteiger partial charge in [-0.1, -0.05) is 65.0 Å². The number of hydrogen-bond donors (Lipinski definition) is 6. The molecule has 0 saturated heterocycles. The number of hydrogen-bond acceptors (Lipinski definition) is 8. The first-order valence-corrected chi connectivity index (χ1v) is 17.7. The number of aromatic nitrogens is 1. The first kappa shape index (κ1) is 42.6. The fourth-order valence-corrected chi connectivity index (χ4v) is 5.26. The standard InChI is InChI=1S/C38H58N6O7/c1-23(2)19-30(43-37(50)51-38(7,8)9)35(48)41-26(6)34(47)42-29(21-27-13-11-10-12-14-27)31(45)20-25(5)33(46)44-32(24(3)4)36(49)40-22-28-15-17-39-18-16-28/h10-18,23-26,29-32,45H,19-22H2,1-9H3,(H,40,49)(H,41,48)(H,42,47)(H,43,50)(H,44,46)/t25-,26+,29+,30+,31+,32+/m1/s1. The normalized spacial score (nSPS) is 15.1. The van der Waals surface area contributed by atoms with Gasteiger partial charge in [0.1, 0.15) is 23.7 Å². The van der Waals surface area contributed by atoms with E-state index < -0.39 is 65.6 Å². The number of rotatable bonds is 18. The lowest BCUT2D eigenvalue weighted by molar-refractivity contribution is -0.132. The van der Waals surface area contributed by atoms with Crippen LogP contribution in [0.5, 0.6) is 0 Å². The maximum absolute atomic E-state index is 13.4. The molecule has 13 heteroatoms. The molecule has 0 aliphatic heterocycles. The van der Waals surface area contributed by atoms with Crippen LogP contribution in [0.3, 0.4) is 0 Å². The Labute approximate surface area is 302 Å². The molecule has 0 unspecified atom stereocenters. The first-order chi connectivity index (χ1) is 23.9. The fourth-order valence-electron chi connectivity index (χ4n) is 5.26. The van der Waals surface area contributed by atoms with Gasteiger partial charge in [-0.15, -0.1) is 0 Å². The lowest BCUT2D eigenvalue weighted by Crippen LogP contribution is -2.56. The number of aliphatic hydroxyl groups is 1. The molecule has 0 aliphatic carbocycles. The van der Waals surface area contributed by atoms with E-state index in [-0.39, 0.29) is 37.1 Å². The lowest BCUT2D eigenvalue weighted by Gasteiger charge is -2.29. The van der Waals surface area contributed by atoms with Gasteiger partial charge in [0.25, 0.3) is 0 Å². The van der Waals surface area contributed by atoms with Gasteiger partial charge >= 0.3 is 6.09 Å². The van der Waals surface area contributed by atoms with Gasteiger partial charge in [-0.3, -0.25) is 24.2 Å². The number of pyridine rings is 1. The Morgan fingerprint density at radius 1 is 0.745 bits per heavy atom. The number of carbonyl (C=O) groups is 5. The summed E-state index contributed by atoms with van der Waals surface area (Å²) in [7, 11) is 0. The summed E-state index contributed by atoms with van der Waals surface area (Å²) in [6, 6.07) is 9.29. The van der Waals surface area contributed by atoms with Crippen molar-refractivity contribution in [3.8, 4) is 0 Å². The molecule has 0 aliphatic rings. The van der Waals surface area contributed by atoms with Crippen LogP contribution in [0.1, 0.15) is 86.3 Å². The smallest absolute Gasteiger partial charge is 0.408 e. The molecule has 0 bridgehead atoms. The van der Waals surface area contributed by atoms with E-state index in [9.17, 15) is 29.1 Å². The lowest BCUT2D eigenvalue weighted by atomic mass is 9.92. The zero-order valence-corrected chi connectivity index (χ0v) is 31.5. The average Bonchev–Trinajstić information content (AvgIpc) is 3.04. The summed E-state index contributed by atoms with van der Waals surface area (Å²) in [5, 5.41) is 25.2. The second-order valence-corrected chi connectivity index (χ2v) is 14.9. The maximum Gasteiger partial charge on any atom is 0.408 e. The summed E-state index contributed by atoms with van der Waals surface area (Å²) >= 11 is 0. The van der Waals surface area contributed by atoms with E-state index >= 15 is 0 Å². The minimum Gasteiger partial charge on any atom is -0.444 e. The highest BCUT2D eigenvalue weighted by Crippen LogP contribution is 2.16. The quantitative estimate of drug-likeness (QED) is 0.136. The van der Waals surface area contributed by atoms with Gasteiger partial charge in [-0.2, -0.15) is 0 Å². The minimum absolute atomic E-state index is 0.00985. The van der Waals surface area contributed by atoms with Crippen LogP contribution in [0.15, 0.2) is 54.9 Å². The van der Waals surface area contributed by atoms with E-state index in [1.165, 1.54) is 6.92 Å². The van der Waals surface area contributed by atoms with E-state index in [0.717, 1.165) is 11.1 Å². The third-order valence-corrected chi connectivity index (χ3v) is 8.06. The summed E-state index contributed by atoms with van der Waals surface area (Å²) in [4.78, 5) is 69.4. The molecule has 0 fully saturated rings. The largest absolute Gasteiger partial charge is 0.444 e. The van der Waals surface area contributed by atoms with Gasteiger partial charge in [0.2, 0.25) is 23.6 Å². The molecule has 1 aromatic heterocycles. The van der Waals surface area contributed by atoms with Gasteiger partial charge in [0, 0.05) is 24.9 Å². The van der Waals surface area contributed by atoms with E-state index in [2.05, 4.69) is 31.6 Å².